The topological polar surface area (TPSA) is 78.7 Å². The number of carbonyl (C=O) groups excluding carboxylic acids is 2. The lowest BCUT2D eigenvalue weighted by atomic mass is 10.1. The number of carbonyl (C=O) groups is 2. The third-order valence-electron chi connectivity index (χ3n) is 6.32. The van der Waals surface area contributed by atoms with Gasteiger partial charge in [0.15, 0.2) is 0 Å². The van der Waals surface area contributed by atoms with E-state index in [0.717, 1.165) is 24.2 Å². The number of aromatic nitrogens is 2. The number of nitrogens with zero attached hydrogens (tertiary/aromatic N) is 4. The summed E-state index contributed by atoms with van der Waals surface area (Å²) in [5, 5.41) is 14.7. The molecule has 3 aliphatic rings. The van der Waals surface area contributed by atoms with Gasteiger partial charge in [-0.1, -0.05) is 12.1 Å². The number of piperazine rings is 1. The molecule has 0 radical (unpaired) electrons. The van der Waals surface area contributed by atoms with E-state index in [1.54, 1.807) is 9.80 Å². The van der Waals surface area contributed by atoms with Gasteiger partial charge in [0, 0.05) is 49.5 Å². The van der Waals surface area contributed by atoms with Crippen LogP contribution in [0, 0.1) is 0 Å². The lowest BCUT2D eigenvalue weighted by Gasteiger charge is -2.35. The Morgan fingerprint density at radius 2 is 1.62 bits per heavy atom. The number of amides is 2. The van der Waals surface area contributed by atoms with Crippen LogP contribution >= 0.6 is 0 Å². The van der Waals surface area contributed by atoms with Crippen molar-refractivity contribution in [3.8, 4) is 11.3 Å². The molecule has 0 atom stereocenters. The van der Waals surface area contributed by atoms with Crippen molar-refractivity contribution < 1.29 is 14.7 Å². The van der Waals surface area contributed by atoms with E-state index >= 15 is 0 Å². The second-order valence-corrected chi connectivity index (χ2v) is 8.39. The molecule has 0 spiro atoms. The Kier molecular flexibility index (Phi) is 4.42. The fraction of sp³-hybridized carbons (Fsp3) is 0.500. The summed E-state index contributed by atoms with van der Waals surface area (Å²) < 4.78 is 2.09. The smallest absolute Gasteiger partial charge is 0.254 e. The van der Waals surface area contributed by atoms with Crippen LogP contribution in [0.3, 0.4) is 0 Å². The summed E-state index contributed by atoms with van der Waals surface area (Å²) in [6.45, 7) is 2.93. The van der Waals surface area contributed by atoms with Crippen LogP contribution in [0.15, 0.2) is 30.3 Å². The van der Waals surface area contributed by atoms with E-state index in [2.05, 4.69) is 10.7 Å². The SMILES string of the molecule is O=C(c1ccc(-c2cc3n(n2)CCCC3)cc1)N1CCN(C(=O)C2(O)CC2)CC1. The van der Waals surface area contributed by atoms with Gasteiger partial charge in [-0.15, -0.1) is 0 Å². The Morgan fingerprint density at radius 1 is 0.931 bits per heavy atom. The number of aryl methyl sites for hydroxylation is 2. The summed E-state index contributed by atoms with van der Waals surface area (Å²) >= 11 is 0. The molecule has 1 aromatic carbocycles. The Bertz CT molecular complexity index is 914. The summed E-state index contributed by atoms with van der Waals surface area (Å²) in [5.74, 6) is -0.199. The number of rotatable bonds is 3. The Hall–Kier alpha value is -2.67. The molecule has 1 aromatic heterocycles. The molecule has 2 fully saturated rings. The van der Waals surface area contributed by atoms with Gasteiger partial charge in [-0.05, 0) is 50.3 Å². The maximum absolute atomic E-state index is 12.8. The van der Waals surface area contributed by atoms with Crippen LogP contribution < -0.4 is 0 Å². The monoisotopic (exact) mass is 394 g/mol. The van der Waals surface area contributed by atoms with E-state index in [-0.39, 0.29) is 11.8 Å². The minimum Gasteiger partial charge on any atom is -0.380 e. The Labute approximate surface area is 169 Å². The second kappa shape index (κ2) is 6.99. The number of benzene rings is 1. The first kappa shape index (κ1) is 18.4. The predicted molar refractivity (Wildman–Crippen MR) is 107 cm³/mol. The molecule has 5 rings (SSSR count). The first-order valence-corrected chi connectivity index (χ1v) is 10.5. The quantitative estimate of drug-likeness (QED) is 0.859. The lowest BCUT2D eigenvalue weighted by Crippen LogP contribution is -2.53. The van der Waals surface area contributed by atoms with Crippen molar-refractivity contribution >= 4 is 11.8 Å². The van der Waals surface area contributed by atoms with Crippen molar-refractivity contribution in [1.82, 2.24) is 19.6 Å². The van der Waals surface area contributed by atoms with Crippen molar-refractivity contribution in [2.45, 2.75) is 44.2 Å². The van der Waals surface area contributed by atoms with Gasteiger partial charge in [0.05, 0.1) is 5.69 Å². The van der Waals surface area contributed by atoms with E-state index in [0.29, 0.717) is 44.6 Å². The average Bonchev–Trinajstić information content (AvgIpc) is 3.37. The summed E-state index contributed by atoms with van der Waals surface area (Å²) in [7, 11) is 0. The first-order chi connectivity index (χ1) is 14.0. The van der Waals surface area contributed by atoms with Crippen LogP contribution in [0.4, 0.5) is 0 Å². The molecule has 1 N–H and O–H groups in total. The summed E-state index contributed by atoms with van der Waals surface area (Å²) in [4.78, 5) is 28.5. The molecule has 29 heavy (non-hydrogen) atoms. The van der Waals surface area contributed by atoms with E-state index in [4.69, 9.17) is 5.10 Å². The third-order valence-corrected chi connectivity index (χ3v) is 6.32. The largest absolute Gasteiger partial charge is 0.380 e. The highest BCUT2D eigenvalue weighted by Crippen LogP contribution is 2.37. The molecule has 152 valence electrons. The molecule has 1 saturated carbocycles. The molecule has 1 saturated heterocycles. The standard InChI is InChI=1S/C22H26N4O3/c27-20(24-11-13-25(14-12-24)21(28)22(29)8-9-22)17-6-4-16(5-7-17)19-15-18-3-1-2-10-26(18)23-19/h4-7,15,29H,1-3,8-14H2. The fourth-order valence-corrected chi connectivity index (χ4v) is 4.26. The van der Waals surface area contributed by atoms with Crippen molar-refractivity contribution in [2.75, 3.05) is 26.2 Å². The van der Waals surface area contributed by atoms with Crippen LogP contribution in [-0.2, 0) is 17.8 Å². The molecule has 1 aliphatic carbocycles. The highest BCUT2D eigenvalue weighted by molar-refractivity contribution is 5.95. The lowest BCUT2D eigenvalue weighted by molar-refractivity contribution is -0.143. The number of aliphatic hydroxyl groups is 1. The van der Waals surface area contributed by atoms with E-state index in [1.165, 1.54) is 18.5 Å². The summed E-state index contributed by atoms with van der Waals surface area (Å²) in [6, 6.07) is 9.80. The van der Waals surface area contributed by atoms with Crippen LogP contribution in [0.2, 0.25) is 0 Å². The van der Waals surface area contributed by atoms with Crippen molar-refractivity contribution in [1.29, 1.82) is 0 Å². The fourth-order valence-electron chi connectivity index (χ4n) is 4.26. The van der Waals surface area contributed by atoms with Crippen LogP contribution in [-0.4, -0.2) is 68.3 Å². The molecule has 2 aromatic rings. The van der Waals surface area contributed by atoms with E-state index < -0.39 is 5.60 Å². The average molecular weight is 394 g/mol. The molecule has 0 unspecified atom stereocenters. The van der Waals surface area contributed by atoms with E-state index in [1.807, 2.05) is 24.3 Å². The molecule has 3 heterocycles. The van der Waals surface area contributed by atoms with Gasteiger partial charge in [0.2, 0.25) is 0 Å². The molecular formula is C22H26N4O3. The second-order valence-electron chi connectivity index (χ2n) is 8.39. The van der Waals surface area contributed by atoms with Gasteiger partial charge in [-0.3, -0.25) is 14.3 Å². The van der Waals surface area contributed by atoms with Crippen molar-refractivity contribution in [3.63, 3.8) is 0 Å². The van der Waals surface area contributed by atoms with Gasteiger partial charge >= 0.3 is 0 Å². The minimum atomic E-state index is -1.13. The van der Waals surface area contributed by atoms with Gasteiger partial charge in [0.1, 0.15) is 5.60 Å². The highest BCUT2D eigenvalue weighted by Gasteiger charge is 2.50. The summed E-state index contributed by atoms with van der Waals surface area (Å²) in [5.41, 5.74) is 2.80. The normalized spacial score (nSPS) is 20.3. The zero-order valence-corrected chi connectivity index (χ0v) is 16.5. The molecule has 2 aliphatic heterocycles. The minimum absolute atomic E-state index is 0.0158. The zero-order valence-electron chi connectivity index (χ0n) is 16.5. The zero-order chi connectivity index (χ0) is 20.0. The first-order valence-electron chi connectivity index (χ1n) is 10.5. The molecule has 7 heteroatoms. The van der Waals surface area contributed by atoms with Crippen LogP contribution in [0.5, 0.6) is 0 Å². The summed E-state index contributed by atoms with van der Waals surface area (Å²) in [6.07, 6.45) is 4.58. The number of hydrogen-bond donors (Lipinski definition) is 1. The van der Waals surface area contributed by atoms with Crippen molar-refractivity contribution in [3.05, 3.63) is 41.6 Å². The van der Waals surface area contributed by atoms with Gasteiger partial charge in [0.25, 0.3) is 11.8 Å². The molecule has 0 bridgehead atoms. The third kappa shape index (κ3) is 3.44. The maximum atomic E-state index is 12.8. The number of hydrogen-bond acceptors (Lipinski definition) is 4. The van der Waals surface area contributed by atoms with Gasteiger partial charge in [-0.2, -0.15) is 5.10 Å². The molecular weight excluding hydrogens is 368 g/mol. The van der Waals surface area contributed by atoms with Crippen LogP contribution in [0.1, 0.15) is 41.7 Å². The van der Waals surface area contributed by atoms with Gasteiger partial charge in [-0.25, -0.2) is 0 Å². The van der Waals surface area contributed by atoms with E-state index in [9.17, 15) is 14.7 Å². The van der Waals surface area contributed by atoms with Crippen molar-refractivity contribution in [2.24, 2.45) is 0 Å². The number of fused-ring (bicyclic) bond motifs is 1. The predicted octanol–water partition coefficient (Wildman–Crippen LogP) is 1.70. The Morgan fingerprint density at radius 3 is 2.28 bits per heavy atom. The molecule has 7 nitrogen and oxygen atoms in total. The van der Waals surface area contributed by atoms with Gasteiger partial charge < -0.3 is 14.9 Å². The molecule has 2 amide bonds. The highest BCUT2D eigenvalue weighted by atomic mass is 16.3. The Balaban J connectivity index is 1.23. The van der Waals surface area contributed by atoms with Crippen LogP contribution in [0.25, 0.3) is 11.3 Å². The maximum Gasteiger partial charge on any atom is 0.254 e.